The molecular formula is C11H16N2O2S. The topological polar surface area (TPSA) is 42.4 Å². The van der Waals surface area contributed by atoms with E-state index in [4.69, 9.17) is 4.74 Å². The molecule has 1 fully saturated rings. The van der Waals surface area contributed by atoms with Gasteiger partial charge in [-0.25, -0.2) is 4.98 Å². The van der Waals surface area contributed by atoms with E-state index in [1.54, 1.807) is 22.4 Å². The maximum absolute atomic E-state index is 11.9. The summed E-state index contributed by atoms with van der Waals surface area (Å²) in [6, 6.07) is 0. The smallest absolute Gasteiger partial charge is 0.251 e. The van der Waals surface area contributed by atoms with E-state index in [2.05, 4.69) is 4.98 Å². The van der Waals surface area contributed by atoms with Gasteiger partial charge in [0.2, 0.25) is 0 Å². The third-order valence-electron chi connectivity index (χ3n) is 2.73. The highest BCUT2D eigenvalue weighted by Crippen LogP contribution is 2.14. The van der Waals surface area contributed by atoms with Gasteiger partial charge in [-0.1, -0.05) is 0 Å². The second-order valence-electron chi connectivity index (χ2n) is 3.94. The molecule has 0 aliphatic carbocycles. The average molecular weight is 240 g/mol. The molecule has 5 heteroatoms. The van der Waals surface area contributed by atoms with Crippen LogP contribution in [-0.4, -0.2) is 42.1 Å². The van der Waals surface area contributed by atoms with Crippen LogP contribution in [-0.2, 0) is 16.0 Å². The number of hydrogen-bond donors (Lipinski definition) is 0. The van der Waals surface area contributed by atoms with Crippen molar-refractivity contribution in [1.82, 2.24) is 9.88 Å². The van der Waals surface area contributed by atoms with Gasteiger partial charge >= 0.3 is 0 Å². The Balaban J connectivity index is 1.78. The Labute approximate surface area is 99.2 Å². The van der Waals surface area contributed by atoms with Gasteiger partial charge in [-0.15, -0.1) is 11.3 Å². The van der Waals surface area contributed by atoms with Crippen LogP contribution >= 0.6 is 11.3 Å². The number of carbonyl (C=O) groups is 1. The lowest BCUT2D eigenvalue weighted by atomic mass is 10.2. The second kappa shape index (κ2) is 5.41. The monoisotopic (exact) mass is 240 g/mol. The predicted molar refractivity (Wildman–Crippen MR) is 62.4 cm³/mol. The minimum absolute atomic E-state index is 0.106. The van der Waals surface area contributed by atoms with Crippen LogP contribution in [0.2, 0.25) is 0 Å². The van der Waals surface area contributed by atoms with Gasteiger partial charge in [0.15, 0.2) is 0 Å². The Hall–Kier alpha value is -0.940. The lowest BCUT2D eigenvalue weighted by Gasteiger charge is -2.19. The number of rotatable bonds is 4. The molecule has 1 aliphatic rings. The van der Waals surface area contributed by atoms with Crippen molar-refractivity contribution in [2.75, 3.05) is 20.2 Å². The van der Waals surface area contributed by atoms with Crippen molar-refractivity contribution in [2.24, 2.45) is 0 Å². The van der Waals surface area contributed by atoms with Crippen LogP contribution in [0.15, 0.2) is 11.6 Å². The predicted octanol–water partition coefficient (Wildman–Crippen LogP) is 1.32. The van der Waals surface area contributed by atoms with Crippen molar-refractivity contribution in [2.45, 2.75) is 25.4 Å². The van der Waals surface area contributed by atoms with Crippen LogP contribution in [0, 0.1) is 0 Å². The summed E-state index contributed by atoms with van der Waals surface area (Å²) in [5.74, 6) is 0.106. The maximum Gasteiger partial charge on any atom is 0.251 e. The van der Waals surface area contributed by atoms with Gasteiger partial charge in [-0.3, -0.25) is 4.79 Å². The van der Waals surface area contributed by atoms with Gasteiger partial charge in [-0.05, 0) is 12.8 Å². The molecule has 0 spiro atoms. The van der Waals surface area contributed by atoms with Crippen molar-refractivity contribution in [3.05, 3.63) is 16.6 Å². The Morgan fingerprint density at radius 1 is 1.75 bits per heavy atom. The van der Waals surface area contributed by atoms with Crippen LogP contribution in [0.1, 0.15) is 17.8 Å². The van der Waals surface area contributed by atoms with Crippen molar-refractivity contribution >= 4 is 17.2 Å². The number of likely N-dealkylation sites (N-methyl/N-ethyl adjacent to an activating group) is 1. The van der Waals surface area contributed by atoms with Gasteiger partial charge in [0.05, 0.1) is 5.01 Å². The van der Waals surface area contributed by atoms with Crippen molar-refractivity contribution in [3.8, 4) is 0 Å². The van der Waals surface area contributed by atoms with Gasteiger partial charge in [0.1, 0.15) is 6.10 Å². The summed E-state index contributed by atoms with van der Waals surface area (Å²) in [4.78, 5) is 17.8. The molecule has 0 saturated carbocycles. The molecule has 1 aromatic heterocycles. The number of amides is 1. The SMILES string of the molecule is CN(CCc1nccs1)C(=O)C1CCCO1. The molecule has 1 atom stereocenters. The standard InChI is InChI=1S/C11H16N2O2S/c1-13(6-4-10-12-5-8-16-10)11(14)9-3-2-7-15-9/h5,8-9H,2-4,6-7H2,1H3. The second-order valence-corrected chi connectivity index (χ2v) is 4.92. The number of hydrogen-bond acceptors (Lipinski definition) is 4. The van der Waals surface area contributed by atoms with E-state index in [1.165, 1.54) is 0 Å². The van der Waals surface area contributed by atoms with E-state index in [0.717, 1.165) is 30.9 Å². The molecule has 1 aliphatic heterocycles. The molecule has 0 aromatic carbocycles. The molecule has 0 radical (unpaired) electrons. The highest BCUT2D eigenvalue weighted by atomic mass is 32.1. The Bertz CT molecular complexity index is 334. The normalized spacial score (nSPS) is 19.9. The average Bonchev–Trinajstić information content (AvgIpc) is 2.96. The van der Waals surface area contributed by atoms with E-state index < -0.39 is 0 Å². The highest BCUT2D eigenvalue weighted by Gasteiger charge is 2.26. The van der Waals surface area contributed by atoms with E-state index in [0.29, 0.717) is 6.54 Å². The molecule has 1 saturated heterocycles. The summed E-state index contributed by atoms with van der Waals surface area (Å²) in [5.41, 5.74) is 0. The summed E-state index contributed by atoms with van der Waals surface area (Å²) >= 11 is 1.63. The number of aromatic nitrogens is 1. The fraction of sp³-hybridized carbons (Fsp3) is 0.636. The first-order valence-electron chi connectivity index (χ1n) is 5.52. The van der Waals surface area contributed by atoms with Gasteiger partial charge in [0.25, 0.3) is 5.91 Å². The molecule has 1 amide bonds. The fourth-order valence-electron chi connectivity index (χ4n) is 1.77. The van der Waals surface area contributed by atoms with Crippen LogP contribution in [0.25, 0.3) is 0 Å². The number of ether oxygens (including phenoxy) is 1. The largest absolute Gasteiger partial charge is 0.368 e. The third kappa shape index (κ3) is 2.80. The van der Waals surface area contributed by atoms with Gasteiger partial charge < -0.3 is 9.64 Å². The van der Waals surface area contributed by atoms with Crippen LogP contribution < -0.4 is 0 Å². The fourth-order valence-corrected chi connectivity index (χ4v) is 2.38. The Morgan fingerprint density at radius 2 is 2.62 bits per heavy atom. The van der Waals surface area contributed by atoms with Crippen LogP contribution in [0.4, 0.5) is 0 Å². The molecule has 2 rings (SSSR count). The molecule has 2 heterocycles. The van der Waals surface area contributed by atoms with Crippen molar-refractivity contribution in [3.63, 3.8) is 0 Å². The van der Waals surface area contributed by atoms with Gasteiger partial charge in [0, 0.05) is 38.2 Å². The lowest BCUT2D eigenvalue weighted by Crippen LogP contribution is -2.37. The van der Waals surface area contributed by atoms with Gasteiger partial charge in [-0.2, -0.15) is 0 Å². The summed E-state index contributed by atoms with van der Waals surface area (Å²) < 4.78 is 5.37. The number of carbonyl (C=O) groups excluding carboxylic acids is 1. The van der Waals surface area contributed by atoms with Crippen LogP contribution in [0.3, 0.4) is 0 Å². The zero-order valence-electron chi connectivity index (χ0n) is 9.39. The first-order chi connectivity index (χ1) is 7.77. The highest BCUT2D eigenvalue weighted by molar-refractivity contribution is 7.09. The van der Waals surface area contributed by atoms with E-state index in [9.17, 15) is 4.79 Å². The molecular weight excluding hydrogens is 224 g/mol. The maximum atomic E-state index is 11.9. The molecule has 4 nitrogen and oxygen atoms in total. The van der Waals surface area contributed by atoms with Crippen LogP contribution in [0.5, 0.6) is 0 Å². The third-order valence-corrected chi connectivity index (χ3v) is 3.57. The van der Waals surface area contributed by atoms with E-state index >= 15 is 0 Å². The zero-order chi connectivity index (χ0) is 11.4. The minimum atomic E-state index is -0.207. The Morgan fingerprint density at radius 3 is 3.25 bits per heavy atom. The molecule has 0 bridgehead atoms. The minimum Gasteiger partial charge on any atom is -0.368 e. The lowest BCUT2D eigenvalue weighted by molar-refractivity contribution is -0.139. The zero-order valence-corrected chi connectivity index (χ0v) is 10.2. The quantitative estimate of drug-likeness (QED) is 0.797. The number of thiazole rings is 1. The van der Waals surface area contributed by atoms with Crippen molar-refractivity contribution in [1.29, 1.82) is 0 Å². The molecule has 0 N–H and O–H groups in total. The molecule has 1 unspecified atom stereocenters. The molecule has 16 heavy (non-hydrogen) atoms. The summed E-state index contributed by atoms with van der Waals surface area (Å²) in [5, 5.41) is 3.03. The van der Waals surface area contributed by atoms with E-state index in [-0.39, 0.29) is 12.0 Å². The van der Waals surface area contributed by atoms with Crippen molar-refractivity contribution < 1.29 is 9.53 Å². The first-order valence-corrected chi connectivity index (χ1v) is 6.40. The summed E-state index contributed by atoms with van der Waals surface area (Å²) in [7, 11) is 1.83. The molecule has 88 valence electrons. The summed E-state index contributed by atoms with van der Waals surface area (Å²) in [6.45, 7) is 1.43. The first kappa shape index (κ1) is 11.5. The Kier molecular flexibility index (Phi) is 3.90. The molecule has 1 aromatic rings. The summed E-state index contributed by atoms with van der Waals surface area (Å²) in [6.07, 6.45) is 4.27. The van der Waals surface area contributed by atoms with E-state index in [1.807, 2.05) is 12.4 Å². The number of nitrogens with zero attached hydrogens (tertiary/aromatic N) is 2.